The quantitative estimate of drug-likeness (QED) is 0.771. The second-order valence-electron chi connectivity index (χ2n) is 8.46. The van der Waals surface area contributed by atoms with Gasteiger partial charge in [0.25, 0.3) is 0 Å². The van der Waals surface area contributed by atoms with Crippen LogP contribution in [0.25, 0.3) is 0 Å². The van der Waals surface area contributed by atoms with Crippen LogP contribution in [0.2, 0.25) is 0 Å². The molecule has 2 N–H and O–H groups in total. The van der Waals surface area contributed by atoms with Gasteiger partial charge in [0.1, 0.15) is 0 Å². The zero-order valence-corrected chi connectivity index (χ0v) is 15.0. The molecular weight excluding hydrogens is 316 g/mol. The van der Waals surface area contributed by atoms with Gasteiger partial charge in [-0.05, 0) is 60.0 Å². The third-order valence-electron chi connectivity index (χ3n) is 7.47. The number of carboxylic acid groups (broad SMARTS) is 1. The highest BCUT2D eigenvalue weighted by atomic mass is 16.5. The van der Waals surface area contributed by atoms with E-state index in [0.717, 1.165) is 18.4 Å². The summed E-state index contributed by atoms with van der Waals surface area (Å²) < 4.78 is 5.80. The molecular formula is C21H28O4. The van der Waals surface area contributed by atoms with Crippen LogP contribution in [0.1, 0.15) is 39.0 Å². The Morgan fingerprint density at radius 1 is 1.28 bits per heavy atom. The van der Waals surface area contributed by atoms with E-state index in [0.29, 0.717) is 29.4 Å². The molecule has 2 fully saturated rings. The standard InChI is InChI=1S/C21H28O4/c1-21-10-9-14-12-5-7-18(22)16(11-20(23)24)13(12)3-4-15(14)17(21)6-8-19(21)25-2/h3-5,7,12,14-15,17-19,22H,6,8-11H2,1-2H3,(H,23,24)/t12-,14+,15+,17-,18?,19+,21-/m0/s1. The molecule has 25 heavy (non-hydrogen) atoms. The number of fused-ring (bicyclic) bond motifs is 5. The molecule has 4 aliphatic rings. The average Bonchev–Trinajstić information content (AvgIpc) is 2.93. The van der Waals surface area contributed by atoms with Gasteiger partial charge in [-0.1, -0.05) is 31.2 Å². The Morgan fingerprint density at radius 3 is 2.80 bits per heavy atom. The lowest BCUT2D eigenvalue weighted by atomic mass is 9.54. The lowest BCUT2D eigenvalue weighted by Crippen LogP contribution is -2.46. The number of carboxylic acids is 1. The lowest BCUT2D eigenvalue weighted by Gasteiger charge is -2.51. The third-order valence-corrected chi connectivity index (χ3v) is 7.47. The number of rotatable bonds is 3. The number of aliphatic carboxylic acids is 1. The Bertz CT molecular complexity index is 661. The van der Waals surface area contributed by atoms with E-state index in [1.807, 2.05) is 7.11 Å². The maximum Gasteiger partial charge on any atom is 0.307 e. The van der Waals surface area contributed by atoms with Gasteiger partial charge in [-0.2, -0.15) is 0 Å². The molecule has 0 spiro atoms. The van der Waals surface area contributed by atoms with Crippen LogP contribution in [0.15, 0.2) is 35.5 Å². The van der Waals surface area contributed by atoms with Crippen molar-refractivity contribution in [3.63, 3.8) is 0 Å². The first-order chi connectivity index (χ1) is 12.0. The Kier molecular flexibility index (Phi) is 4.16. The molecule has 0 saturated heterocycles. The van der Waals surface area contributed by atoms with Crippen molar-refractivity contribution in [3.8, 4) is 0 Å². The van der Waals surface area contributed by atoms with E-state index >= 15 is 0 Å². The fraction of sp³-hybridized carbons (Fsp3) is 0.667. The van der Waals surface area contributed by atoms with Gasteiger partial charge in [-0.15, -0.1) is 0 Å². The molecule has 4 rings (SSSR count). The highest BCUT2D eigenvalue weighted by molar-refractivity contribution is 5.71. The number of methoxy groups -OCH3 is 1. The third kappa shape index (κ3) is 2.53. The minimum absolute atomic E-state index is 0.0774. The van der Waals surface area contributed by atoms with E-state index in [1.165, 1.54) is 12.8 Å². The highest BCUT2D eigenvalue weighted by Gasteiger charge is 2.55. The molecule has 1 unspecified atom stereocenters. The van der Waals surface area contributed by atoms with Crippen molar-refractivity contribution in [1.82, 2.24) is 0 Å². The van der Waals surface area contributed by atoms with Gasteiger partial charge in [0.05, 0.1) is 18.6 Å². The smallest absolute Gasteiger partial charge is 0.307 e. The number of carbonyl (C=O) groups is 1. The van der Waals surface area contributed by atoms with Gasteiger partial charge in [0.2, 0.25) is 0 Å². The summed E-state index contributed by atoms with van der Waals surface area (Å²) in [7, 11) is 1.84. The number of ether oxygens (including phenoxy) is 1. The molecule has 0 radical (unpaired) electrons. The molecule has 0 aromatic carbocycles. The van der Waals surface area contributed by atoms with Gasteiger partial charge in [0, 0.05) is 13.0 Å². The molecule has 4 heteroatoms. The van der Waals surface area contributed by atoms with Crippen LogP contribution in [0.5, 0.6) is 0 Å². The molecule has 0 amide bonds. The Morgan fingerprint density at radius 2 is 2.08 bits per heavy atom. The van der Waals surface area contributed by atoms with Crippen LogP contribution in [-0.2, 0) is 9.53 Å². The fourth-order valence-electron chi connectivity index (χ4n) is 6.26. The molecule has 4 aliphatic carbocycles. The van der Waals surface area contributed by atoms with Crippen molar-refractivity contribution in [3.05, 3.63) is 35.5 Å². The molecule has 4 nitrogen and oxygen atoms in total. The summed E-state index contributed by atoms with van der Waals surface area (Å²) >= 11 is 0. The van der Waals surface area contributed by atoms with E-state index in [2.05, 4.69) is 25.2 Å². The second-order valence-corrected chi connectivity index (χ2v) is 8.46. The van der Waals surface area contributed by atoms with Gasteiger partial charge in [-0.25, -0.2) is 0 Å². The largest absolute Gasteiger partial charge is 0.481 e. The topological polar surface area (TPSA) is 66.8 Å². The van der Waals surface area contributed by atoms with Crippen molar-refractivity contribution < 1.29 is 19.7 Å². The molecule has 2 saturated carbocycles. The number of aliphatic hydroxyl groups excluding tert-OH is 1. The van der Waals surface area contributed by atoms with E-state index in [9.17, 15) is 15.0 Å². The normalized spacial score (nSPS) is 45.1. The van der Waals surface area contributed by atoms with Crippen LogP contribution >= 0.6 is 0 Å². The van der Waals surface area contributed by atoms with Crippen molar-refractivity contribution in [2.45, 2.75) is 51.2 Å². The van der Waals surface area contributed by atoms with E-state index in [-0.39, 0.29) is 17.8 Å². The first-order valence-electron chi connectivity index (χ1n) is 9.48. The first-order valence-corrected chi connectivity index (χ1v) is 9.48. The Balaban J connectivity index is 1.69. The van der Waals surface area contributed by atoms with Crippen LogP contribution in [-0.4, -0.2) is 35.5 Å². The van der Waals surface area contributed by atoms with E-state index in [4.69, 9.17) is 4.74 Å². The summed E-state index contributed by atoms with van der Waals surface area (Å²) in [6.07, 6.45) is 12.5. The van der Waals surface area contributed by atoms with Gasteiger partial charge in [0.15, 0.2) is 0 Å². The van der Waals surface area contributed by atoms with Crippen LogP contribution < -0.4 is 0 Å². The zero-order chi connectivity index (χ0) is 17.8. The predicted molar refractivity (Wildman–Crippen MR) is 94.9 cm³/mol. The van der Waals surface area contributed by atoms with Crippen molar-refractivity contribution in [2.75, 3.05) is 7.11 Å². The molecule has 7 atom stereocenters. The summed E-state index contributed by atoms with van der Waals surface area (Å²) in [5.41, 5.74) is 1.97. The summed E-state index contributed by atoms with van der Waals surface area (Å²) in [4.78, 5) is 11.2. The molecule has 0 aromatic heterocycles. The van der Waals surface area contributed by atoms with Crippen LogP contribution in [0.4, 0.5) is 0 Å². The molecule has 0 aliphatic heterocycles. The van der Waals surface area contributed by atoms with E-state index in [1.54, 1.807) is 6.08 Å². The maximum absolute atomic E-state index is 11.2. The van der Waals surface area contributed by atoms with Crippen molar-refractivity contribution in [2.24, 2.45) is 29.1 Å². The Labute approximate surface area is 149 Å². The summed E-state index contributed by atoms with van der Waals surface area (Å²) in [6.45, 7) is 2.39. The van der Waals surface area contributed by atoms with Crippen LogP contribution in [0, 0.1) is 29.1 Å². The molecule has 0 bridgehead atoms. The summed E-state index contributed by atoms with van der Waals surface area (Å²) in [5.74, 6) is 1.05. The minimum atomic E-state index is -0.874. The highest BCUT2D eigenvalue weighted by Crippen LogP contribution is 2.60. The zero-order valence-electron chi connectivity index (χ0n) is 15.0. The Hall–Kier alpha value is -1.39. The van der Waals surface area contributed by atoms with Gasteiger partial charge >= 0.3 is 5.97 Å². The molecule has 0 aromatic rings. The number of hydrogen-bond acceptors (Lipinski definition) is 3. The predicted octanol–water partition coefficient (Wildman–Crippen LogP) is 3.33. The SMILES string of the molecule is CO[C@@H]1CC[C@H]2[C@@H]3C=CC4=C(CC(=O)O)C(O)C=C[C@@H]4[C@H]3CC[C@]12C. The molecule has 0 heterocycles. The van der Waals surface area contributed by atoms with Crippen LogP contribution in [0.3, 0.4) is 0 Å². The van der Waals surface area contributed by atoms with Crippen molar-refractivity contribution >= 4 is 5.97 Å². The van der Waals surface area contributed by atoms with E-state index < -0.39 is 12.1 Å². The van der Waals surface area contributed by atoms with Gasteiger partial charge in [-0.3, -0.25) is 4.79 Å². The van der Waals surface area contributed by atoms with Gasteiger partial charge < -0.3 is 14.9 Å². The van der Waals surface area contributed by atoms with Crippen molar-refractivity contribution in [1.29, 1.82) is 0 Å². The monoisotopic (exact) mass is 344 g/mol. The number of allylic oxidation sites excluding steroid dienone is 4. The first kappa shape index (κ1) is 17.0. The number of aliphatic hydroxyl groups is 1. The summed E-state index contributed by atoms with van der Waals surface area (Å²) in [5, 5.41) is 19.5. The minimum Gasteiger partial charge on any atom is -0.481 e. The average molecular weight is 344 g/mol. The lowest BCUT2D eigenvalue weighted by molar-refractivity contribution is -0.136. The molecule has 136 valence electrons. The number of hydrogen-bond donors (Lipinski definition) is 2. The summed E-state index contributed by atoms with van der Waals surface area (Å²) in [6, 6.07) is 0. The maximum atomic E-state index is 11.2. The second kappa shape index (κ2) is 6.10. The fourth-order valence-corrected chi connectivity index (χ4v) is 6.26.